The molecule has 7 nitrogen and oxygen atoms in total. The van der Waals surface area contributed by atoms with E-state index in [0.29, 0.717) is 12.5 Å². The van der Waals surface area contributed by atoms with Crippen LogP contribution in [0.5, 0.6) is 0 Å². The number of carbonyl (C=O) groups excluding carboxylic acids is 1. The van der Waals surface area contributed by atoms with Crippen LogP contribution in [0.3, 0.4) is 0 Å². The van der Waals surface area contributed by atoms with Crippen LogP contribution in [0.1, 0.15) is 20.8 Å². The average Bonchev–Trinajstić information content (AvgIpc) is 2.84. The van der Waals surface area contributed by atoms with Gasteiger partial charge in [-0.3, -0.25) is 14.5 Å². The van der Waals surface area contributed by atoms with Gasteiger partial charge in [0.15, 0.2) is 5.96 Å². The third-order valence-electron chi connectivity index (χ3n) is 2.35. The lowest BCUT2D eigenvalue weighted by atomic mass is 10.1. The molecule has 0 bridgehead atoms. The molecule has 0 fully saturated rings. The summed E-state index contributed by atoms with van der Waals surface area (Å²) in [7, 11) is 1.67. The maximum atomic E-state index is 11.7. The predicted octanol–water partition coefficient (Wildman–Crippen LogP) is -0.0372. The molecule has 0 saturated carbocycles. The van der Waals surface area contributed by atoms with Gasteiger partial charge in [-0.15, -0.1) is 0 Å². The first-order valence-electron chi connectivity index (χ1n) is 6.63. The van der Waals surface area contributed by atoms with Crippen molar-refractivity contribution in [2.24, 2.45) is 4.99 Å². The molecule has 0 spiro atoms. The summed E-state index contributed by atoms with van der Waals surface area (Å²) in [5, 5.41) is 13.1. The zero-order valence-corrected chi connectivity index (χ0v) is 12.6. The molecular weight excluding hydrogens is 256 g/mol. The van der Waals surface area contributed by atoms with E-state index in [9.17, 15) is 4.79 Å². The van der Waals surface area contributed by atoms with Crippen molar-refractivity contribution in [1.29, 1.82) is 0 Å². The van der Waals surface area contributed by atoms with E-state index in [-0.39, 0.29) is 18.0 Å². The summed E-state index contributed by atoms with van der Waals surface area (Å²) in [5.74, 6) is 0.536. The van der Waals surface area contributed by atoms with E-state index in [1.54, 1.807) is 13.2 Å². The van der Waals surface area contributed by atoms with Crippen LogP contribution in [-0.2, 0) is 11.3 Å². The number of rotatable bonds is 5. The highest BCUT2D eigenvalue weighted by molar-refractivity contribution is 5.86. The Hall–Kier alpha value is -2.05. The number of hydrogen-bond acceptors (Lipinski definition) is 3. The molecule has 0 aliphatic heterocycles. The number of aromatic nitrogens is 2. The van der Waals surface area contributed by atoms with E-state index in [1.165, 1.54) is 0 Å². The van der Waals surface area contributed by atoms with Gasteiger partial charge in [0.2, 0.25) is 5.91 Å². The first-order chi connectivity index (χ1) is 9.40. The highest BCUT2D eigenvalue weighted by atomic mass is 16.2. The Labute approximate surface area is 119 Å². The highest BCUT2D eigenvalue weighted by Crippen LogP contribution is 1.96. The van der Waals surface area contributed by atoms with Crippen molar-refractivity contribution in [3.63, 3.8) is 0 Å². The minimum absolute atomic E-state index is 0.0625. The van der Waals surface area contributed by atoms with Crippen molar-refractivity contribution in [3.8, 4) is 0 Å². The maximum absolute atomic E-state index is 11.7. The quantitative estimate of drug-likeness (QED) is 0.522. The lowest BCUT2D eigenvalue weighted by Crippen LogP contribution is -2.48. The smallest absolute Gasteiger partial charge is 0.239 e. The fourth-order valence-corrected chi connectivity index (χ4v) is 1.57. The number of nitrogens with zero attached hydrogens (tertiary/aromatic N) is 3. The van der Waals surface area contributed by atoms with E-state index >= 15 is 0 Å². The molecular formula is C13H24N6O. The molecule has 0 atom stereocenters. The van der Waals surface area contributed by atoms with E-state index in [4.69, 9.17) is 0 Å². The largest absolute Gasteiger partial charge is 0.355 e. The van der Waals surface area contributed by atoms with Crippen molar-refractivity contribution in [2.75, 3.05) is 20.1 Å². The minimum atomic E-state index is -0.226. The molecule has 0 aliphatic carbocycles. The number of hydrogen-bond donors (Lipinski definition) is 3. The summed E-state index contributed by atoms with van der Waals surface area (Å²) in [6.07, 6.45) is 3.64. The zero-order valence-electron chi connectivity index (χ0n) is 12.6. The van der Waals surface area contributed by atoms with Crippen LogP contribution in [0, 0.1) is 0 Å². The maximum Gasteiger partial charge on any atom is 0.239 e. The van der Waals surface area contributed by atoms with E-state index in [2.05, 4.69) is 26.0 Å². The second-order valence-electron chi connectivity index (χ2n) is 5.42. The van der Waals surface area contributed by atoms with Crippen LogP contribution in [0.15, 0.2) is 23.5 Å². The standard InChI is InChI=1S/C13H24N6O/c1-13(2,3)18-11(20)10-16-12(14-4)15-7-9-19-8-5-6-17-19/h5-6,8H,7,9-10H2,1-4H3,(H,18,20)(H2,14,15,16). The van der Waals surface area contributed by atoms with Crippen molar-refractivity contribution in [2.45, 2.75) is 32.9 Å². The van der Waals surface area contributed by atoms with Gasteiger partial charge in [-0.05, 0) is 26.8 Å². The highest BCUT2D eigenvalue weighted by Gasteiger charge is 2.13. The van der Waals surface area contributed by atoms with E-state index in [0.717, 1.165) is 6.54 Å². The number of guanidine groups is 1. The second kappa shape index (κ2) is 7.52. The van der Waals surface area contributed by atoms with Gasteiger partial charge >= 0.3 is 0 Å². The van der Waals surface area contributed by atoms with Crippen molar-refractivity contribution >= 4 is 11.9 Å². The third kappa shape index (κ3) is 6.77. The Balaban J connectivity index is 2.24. The minimum Gasteiger partial charge on any atom is -0.355 e. The molecule has 7 heteroatoms. The molecule has 1 aromatic heterocycles. The summed E-state index contributed by atoms with van der Waals surface area (Å²) in [6, 6.07) is 1.88. The van der Waals surface area contributed by atoms with Gasteiger partial charge in [0.1, 0.15) is 0 Å². The van der Waals surface area contributed by atoms with Gasteiger partial charge in [-0.25, -0.2) is 0 Å². The zero-order chi connectivity index (χ0) is 15.0. The second-order valence-corrected chi connectivity index (χ2v) is 5.42. The first-order valence-corrected chi connectivity index (χ1v) is 6.63. The molecule has 112 valence electrons. The number of carbonyl (C=O) groups is 1. The Kier molecular flexibility index (Phi) is 6.02. The number of nitrogens with one attached hydrogen (secondary N) is 3. The molecule has 1 heterocycles. The fourth-order valence-electron chi connectivity index (χ4n) is 1.57. The van der Waals surface area contributed by atoms with E-state index in [1.807, 2.05) is 37.7 Å². The SMILES string of the molecule is CN=C(NCCn1cccn1)NCC(=O)NC(C)(C)C. The summed E-state index contributed by atoms with van der Waals surface area (Å²) >= 11 is 0. The topological polar surface area (TPSA) is 83.3 Å². The van der Waals surface area contributed by atoms with Crippen LogP contribution >= 0.6 is 0 Å². The van der Waals surface area contributed by atoms with Gasteiger partial charge in [-0.2, -0.15) is 5.10 Å². The Morgan fingerprint density at radius 3 is 2.65 bits per heavy atom. The molecule has 1 rings (SSSR count). The van der Waals surface area contributed by atoms with Gasteiger partial charge in [0.05, 0.1) is 13.1 Å². The Bertz CT molecular complexity index is 432. The lowest BCUT2D eigenvalue weighted by molar-refractivity contribution is -0.121. The van der Waals surface area contributed by atoms with Gasteiger partial charge in [-0.1, -0.05) is 0 Å². The van der Waals surface area contributed by atoms with Crippen molar-refractivity contribution in [3.05, 3.63) is 18.5 Å². The molecule has 0 aliphatic rings. The van der Waals surface area contributed by atoms with Crippen LogP contribution < -0.4 is 16.0 Å². The fraction of sp³-hybridized carbons (Fsp3) is 0.615. The molecule has 0 unspecified atom stereocenters. The molecule has 1 amide bonds. The Morgan fingerprint density at radius 2 is 2.10 bits per heavy atom. The van der Waals surface area contributed by atoms with Crippen LogP contribution in [0.25, 0.3) is 0 Å². The van der Waals surface area contributed by atoms with E-state index < -0.39 is 0 Å². The molecule has 1 aromatic rings. The summed E-state index contributed by atoms with van der Waals surface area (Å²) in [4.78, 5) is 15.7. The lowest BCUT2D eigenvalue weighted by Gasteiger charge is -2.21. The monoisotopic (exact) mass is 280 g/mol. The van der Waals surface area contributed by atoms with Gasteiger partial charge < -0.3 is 16.0 Å². The number of aliphatic imine (C=N–C) groups is 1. The Morgan fingerprint density at radius 1 is 1.35 bits per heavy atom. The van der Waals surface area contributed by atoms with Crippen LogP contribution in [0.4, 0.5) is 0 Å². The van der Waals surface area contributed by atoms with Crippen LogP contribution in [-0.4, -0.2) is 47.3 Å². The van der Waals surface area contributed by atoms with Crippen molar-refractivity contribution in [1.82, 2.24) is 25.7 Å². The van der Waals surface area contributed by atoms with Gasteiger partial charge in [0, 0.05) is 31.5 Å². The normalized spacial score (nSPS) is 12.1. The van der Waals surface area contributed by atoms with Crippen LogP contribution in [0.2, 0.25) is 0 Å². The third-order valence-corrected chi connectivity index (χ3v) is 2.35. The predicted molar refractivity (Wildman–Crippen MR) is 79.5 cm³/mol. The summed E-state index contributed by atoms with van der Waals surface area (Å²) in [5.41, 5.74) is -0.226. The first kappa shape index (κ1) is 16.0. The molecule has 20 heavy (non-hydrogen) atoms. The summed E-state index contributed by atoms with van der Waals surface area (Å²) in [6.45, 7) is 7.45. The number of amides is 1. The molecule has 0 radical (unpaired) electrons. The molecule has 3 N–H and O–H groups in total. The summed E-state index contributed by atoms with van der Waals surface area (Å²) < 4.78 is 1.83. The molecule has 0 aromatic carbocycles. The van der Waals surface area contributed by atoms with Crippen molar-refractivity contribution < 1.29 is 4.79 Å². The van der Waals surface area contributed by atoms with Gasteiger partial charge in [0.25, 0.3) is 0 Å². The molecule has 0 saturated heterocycles. The average molecular weight is 280 g/mol.